The molecule has 10 nitrogen and oxygen atoms in total. The van der Waals surface area contributed by atoms with Crippen LogP contribution in [-0.4, -0.2) is 53.8 Å². The van der Waals surface area contributed by atoms with Gasteiger partial charge in [-0.3, -0.25) is 9.36 Å². The van der Waals surface area contributed by atoms with Crippen LogP contribution in [0.25, 0.3) is 27.9 Å². The average molecular weight is 499 g/mol. The van der Waals surface area contributed by atoms with Gasteiger partial charge in [-0.05, 0) is 44.2 Å². The van der Waals surface area contributed by atoms with Crippen LogP contribution in [0.3, 0.4) is 0 Å². The number of aliphatic hydroxyl groups is 1. The van der Waals surface area contributed by atoms with E-state index in [9.17, 15) is 14.3 Å². The van der Waals surface area contributed by atoms with Gasteiger partial charge in [-0.2, -0.15) is 5.26 Å². The van der Waals surface area contributed by atoms with Gasteiger partial charge in [0.05, 0.1) is 46.3 Å². The summed E-state index contributed by atoms with van der Waals surface area (Å²) in [5, 5.41) is 25.6. The number of aromatic amines is 1. The first-order valence-corrected chi connectivity index (χ1v) is 11.5. The van der Waals surface area contributed by atoms with Crippen LogP contribution in [0.2, 0.25) is 0 Å². The summed E-state index contributed by atoms with van der Waals surface area (Å²) >= 11 is 0. The standard InChI is InChI=1S/C26H23FN8O2/c1-26(2,37)22(27)13-31-25(36)18-12-29-23(35-6-5-16-7-15(10-28)11-30-24(16)35)9-20(18)34-17-3-4-19-21(8-17)33-14-32-19/h3-9,11-12,14,22,37H,13H2,1-2H3,(H,29,34)(H,31,36)(H,32,33). The smallest absolute Gasteiger partial charge is 0.255 e. The molecular formula is C26H23FN8O2. The number of hydrogen-bond acceptors (Lipinski definition) is 7. The molecular weight excluding hydrogens is 475 g/mol. The van der Waals surface area contributed by atoms with Crippen molar-refractivity contribution in [3.63, 3.8) is 0 Å². The molecule has 0 aliphatic carbocycles. The van der Waals surface area contributed by atoms with Gasteiger partial charge in [0, 0.05) is 35.7 Å². The van der Waals surface area contributed by atoms with Crippen molar-refractivity contribution in [3.05, 3.63) is 72.4 Å². The number of aromatic nitrogens is 5. The van der Waals surface area contributed by atoms with E-state index in [0.29, 0.717) is 28.4 Å². The summed E-state index contributed by atoms with van der Waals surface area (Å²) in [4.78, 5) is 29.1. The predicted octanol–water partition coefficient (Wildman–Crippen LogP) is 3.75. The summed E-state index contributed by atoms with van der Waals surface area (Å²) < 4.78 is 16.0. The van der Waals surface area contributed by atoms with Gasteiger partial charge in [0.15, 0.2) is 0 Å². The van der Waals surface area contributed by atoms with Crippen LogP contribution in [0, 0.1) is 11.3 Å². The highest BCUT2D eigenvalue weighted by atomic mass is 19.1. The lowest BCUT2D eigenvalue weighted by molar-refractivity contribution is -0.00177. The van der Waals surface area contributed by atoms with Crippen molar-refractivity contribution in [1.29, 1.82) is 5.26 Å². The van der Waals surface area contributed by atoms with Crippen LogP contribution in [0.1, 0.15) is 29.8 Å². The third-order valence-electron chi connectivity index (χ3n) is 5.94. The number of alkyl halides is 1. The number of rotatable bonds is 7. The molecule has 4 aromatic heterocycles. The summed E-state index contributed by atoms with van der Waals surface area (Å²) in [6.07, 6.45) is 4.59. The Labute approximate surface area is 210 Å². The van der Waals surface area contributed by atoms with Crippen molar-refractivity contribution in [3.8, 4) is 11.9 Å². The molecule has 0 fully saturated rings. The van der Waals surface area contributed by atoms with Gasteiger partial charge in [0.1, 0.15) is 23.7 Å². The monoisotopic (exact) mass is 498 g/mol. The lowest BCUT2D eigenvalue weighted by Crippen LogP contribution is -2.42. The molecule has 0 aliphatic heterocycles. The minimum atomic E-state index is -1.65. The predicted molar refractivity (Wildman–Crippen MR) is 136 cm³/mol. The number of benzene rings is 1. The maximum absolute atomic E-state index is 14.3. The molecule has 1 atom stereocenters. The zero-order chi connectivity index (χ0) is 26.2. The largest absolute Gasteiger partial charge is 0.387 e. The first kappa shape index (κ1) is 23.9. The van der Waals surface area contributed by atoms with Gasteiger partial charge in [-0.25, -0.2) is 19.3 Å². The Balaban J connectivity index is 1.52. The first-order valence-electron chi connectivity index (χ1n) is 11.5. The highest BCUT2D eigenvalue weighted by Crippen LogP contribution is 2.27. The normalized spacial score (nSPS) is 12.4. The number of halogens is 1. The molecule has 37 heavy (non-hydrogen) atoms. The number of H-pyrrole nitrogens is 1. The first-order chi connectivity index (χ1) is 17.7. The summed E-state index contributed by atoms with van der Waals surface area (Å²) in [6, 6.07) is 12.8. The van der Waals surface area contributed by atoms with E-state index in [4.69, 9.17) is 5.26 Å². The second-order valence-electron chi connectivity index (χ2n) is 9.11. The quantitative estimate of drug-likeness (QED) is 0.267. The Morgan fingerprint density at radius 2 is 2.05 bits per heavy atom. The Bertz CT molecular complexity index is 1660. The van der Waals surface area contributed by atoms with E-state index in [-0.39, 0.29) is 12.1 Å². The molecule has 0 radical (unpaired) electrons. The molecule has 0 bridgehead atoms. The lowest BCUT2D eigenvalue weighted by atomic mass is 10.0. The summed E-state index contributed by atoms with van der Waals surface area (Å²) in [5.74, 6) is -0.0704. The number of anilines is 2. The van der Waals surface area contributed by atoms with Crippen molar-refractivity contribution < 1.29 is 14.3 Å². The van der Waals surface area contributed by atoms with Gasteiger partial charge in [-0.15, -0.1) is 0 Å². The number of amides is 1. The topological polar surface area (TPSA) is 145 Å². The molecule has 0 aliphatic rings. The Morgan fingerprint density at radius 1 is 1.22 bits per heavy atom. The number of fused-ring (bicyclic) bond motifs is 2. The number of hydrogen-bond donors (Lipinski definition) is 4. The number of imidazole rings is 1. The fourth-order valence-corrected chi connectivity index (χ4v) is 3.83. The molecule has 5 rings (SSSR count). The minimum absolute atomic E-state index is 0.188. The van der Waals surface area contributed by atoms with Crippen LogP contribution >= 0.6 is 0 Å². The summed E-state index contributed by atoms with van der Waals surface area (Å²) in [7, 11) is 0. The van der Waals surface area contributed by atoms with Gasteiger partial charge in [0.2, 0.25) is 0 Å². The summed E-state index contributed by atoms with van der Waals surface area (Å²) in [6.45, 7) is 2.32. The molecule has 1 aromatic carbocycles. The molecule has 0 saturated heterocycles. The highest BCUT2D eigenvalue weighted by Gasteiger charge is 2.27. The SMILES string of the molecule is CC(C)(O)C(F)CNC(=O)c1cnc(-n2ccc3cc(C#N)cnc32)cc1Nc1ccc2nc[nH]c2c1. The zero-order valence-electron chi connectivity index (χ0n) is 20.0. The fraction of sp³-hybridized carbons (Fsp3) is 0.192. The van der Waals surface area contributed by atoms with E-state index < -0.39 is 17.7 Å². The molecule has 1 unspecified atom stereocenters. The lowest BCUT2D eigenvalue weighted by Gasteiger charge is -2.22. The van der Waals surface area contributed by atoms with E-state index in [1.54, 1.807) is 29.2 Å². The minimum Gasteiger partial charge on any atom is -0.387 e. The molecule has 186 valence electrons. The summed E-state index contributed by atoms with van der Waals surface area (Å²) in [5.41, 5.74) is 2.35. The number of carbonyl (C=O) groups excluding carboxylic acids is 1. The molecule has 11 heteroatoms. The van der Waals surface area contributed by atoms with Crippen molar-refractivity contribution >= 4 is 39.3 Å². The van der Waals surface area contributed by atoms with E-state index in [1.807, 2.05) is 24.3 Å². The van der Waals surface area contributed by atoms with E-state index in [1.165, 1.54) is 26.2 Å². The Morgan fingerprint density at radius 3 is 2.84 bits per heavy atom. The second-order valence-corrected chi connectivity index (χ2v) is 9.11. The molecule has 4 heterocycles. The molecule has 5 aromatic rings. The number of nitriles is 1. The Kier molecular flexibility index (Phi) is 6.02. The maximum Gasteiger partial charge on any atom is 0.255 e. The second kappa shape index (κ2) is 9.33. The zero-order valence-corrected chi connectivity index (χ0v) is 20.0. The van der Waals surface area contributed by atoms with Gasteiger partial charge < -0.3 is 20.7 Å². The number of carbonyl (C=O) groups is 1. The van der Waals surface area contributed by atoms with Crippen molar-refractivity contribution in [1.82, 2.24) is 29.8 Å². The molecule has 1 amide bonds. The van der Waals surface area contributed by atoms with Gasteiger partial charge >= 0.3 is 0 Å². The molecule has 0 spiro atoms. The van der Waals surface area contributed by atoms with Crippen LogP contribution in [-0.2, 0) is 0 Å². The Hall–Kier alpha value is -4.82. The van der Waals surface area contributed by atoms with E-state index >= 15 is 0 Å². The highest BCUT2D eigenvalue weighted by molar-refractivity contribution is 6.00. The van der Waals surface area contributed by atoms with Gasteiger partial charge in [-0.1, -0.05) is 0 Å². The van der Waals surface area contributed by atoms with Crippen molar-refractivity contribution in [2.24, 2.45) is 0 Å². The van der Waals surface area contributed by atoms with Crippen LogP contribution in [0.5, 0.6) is 0 Å². The van der Waals surface area contributed by atoms with Gasteiger partial charge in [0.25, 0.3) is 5.91 Å². The van der Waals surface area contributed by atoms with E-state index in [2.05, 4.69) is 36.6 Å². The van der Waals surface area contributed by atoms with Crippen molar-refractivity contribution in [2.45, 2.75) is 25.6 Å². The number of nitrogens with one attached hydrogen (secondary N) is 3. The van der Waals surface area contributed by atoms with Crippen LogP contribution < -0.4 is 10.6 Å². The fourth-order valence-electron chi connectivity index (χ4n) is 3.83. The number of nitrogens with zero attached hydrogens (tertiary/aromatic N) is 5. The number of pyridine rings is 2. The van der Waals surface area contributed by atoms with Crippen molar-refractivity contribution in [2.75, 3.05) is 11.9 Å². The maximum atomic E-state index is 14.3. The van der Waals surface area contributed by atoms with E-state index in [0.717, 1.165) is 16.4 Å². The van der Waals surface area contributed by atoms with Crippen LogP contribution in [0.15, 0.2) is 61.3 Å². The van der Waals surface area contributed by atoms with Crippen LogP contribution in [0.4, 0.5) is 15.8 Å². The molecule has 4 N–H and O–H groups in total. The molecule has 0 saturated carbocycles. The average Bonchev–Trinajstić information content (AvgIpc) is 3.52. The third-order valence-corrected chi connectivity index (χ3v) is 5.94. The third kappa shape index (κ3) is 4.82.